The van der Waals surface area contributed by atoms with Gasteiger partial charge in [0.1, 0.15) is 0 Å². The lowest BCUT2D eigenvalue weighted by molar-refractivity contribution is 0.211. The lowest BCUT2D eigenvalue weighted by Gasteiger charge is -2.29. The van der Waals surface area contributed by atoms with Crippen LogP contribution in [0.15, 0.2) is 0 Å². The summed E-state index contributed by atoms with van der Waals surface area (Å²) in [6.45, 7) is 10.1. The van der Waals surface area contributed by atoms with Crippen LogP contribution < -0.4 is 5.32 Å². The van der Waals surface area contributed by atoms with Crippen LogP contribution >= 0.6 is 11.3 Å². The third kappa shape index (κ3) is 4.26. The first-order valence-corrected chi connectivity index (χ1v) is 8.23. The van der Waals surface area contributed by atoms with Gasteiger partial charge < -0.3 is 10.2 Å². The van der Waals surface area contributed by atoms with Crippen molar-refractivity contribution in [2.24, 2.45) is 5.92 Å². The van der Waals surface area contributed by atoms with Gasteiger partial charge in [-0.05, 0) is 72.6 Å². The fourth-order valence-corrected chi connectivity index (χ4v) is 3.85. The number of aromatic nitrogens is 1. The molecule has 0 amide bonds. The molecule has 108 valence electrons. The summed E-state index contributed by atoms with van der Waals surface area (Å²) in [5, 5.41) is 4.85. The van der Waals surface area contributed by atoms with E-state index in [4.69, 9.17) is 0 Å². The van der Waals surface area contributed by atoms with Gasteiger partial charge in [-0.2, -0.15) is 0 Å². The van der Waals surface area contributed by atoms with Crippen molar-refractivity contribution in [3.8, 4) is 0 Å². The molecule has 19 heavy (non-hydrogen) atoms. The van der Waals surface area contributed by atoms with E-state index in [9.17, 15) is 0 Å². The second-order valence-electron chi connectivity index (χ2n) is 5.89. The largest absolute Gasteiger partial charge is 0.309 e. The third-order valence-corrected chi connectivity index (χ3v) is 5.43. The van der Waals surface area contributed by atoms with Gasteiger partial charge in [-0.15, -0.1) is 11.3 Å². The smallest absolute Gasteiger partial charge is 0.0900 e. The van der Waals surface area contributed by atoms with Gasteiger partial charge in [-0.1, -0.05) is 0 Å². The Morgan fingerprint density at radius 3 is 2.63 bits per heavy atom. The first-order chi connectivity index (χ1) is 9.06. The number of aryl methyl sites for hydroxylation is 2. The second kappa shape index (κ2) is 6.82. The maximum Gasteiger partial charge on any atom is 0.0900 e. The average Bonchev–Trinajstić information content (AvgIpc) is 2.71. The molecule has 1 aromatic heterocycles. The average molecular weight is 281 g/mol. The van der Waals surface area contributed by atoms with Crippen molar-refractivity contribution in [2.45, 2.75) is 46.1 Å². The van der Waals surface area contributed by atoms with Crippen LogP contribution in [-0.4, -0.2) is 36.6 Å². The highest BCUT2D eigenvalue weighted by molar-refractivity contribution is 7.11. The van der Waals surface area contributed by atoms with E-state index >= 15 is 0 Å². The van der Waals surface area contributed by atoms with Crippen LogP contribution in [-0.2, 0) is 0 Å². The molecule has 2 rings (SSSR count). The van der Waals surface area contributed by atoms with Gasteiger partial charge in [0.05, 0.1) is 10.7 Å². The van der Waals surface area contributed by atoms with E-state index < -0.39 is 0 Å². The normalized spacial score (nSPS) is 19.8. The molecule has 1 N–H and O–H groups in total. The molecule has 1 aliphatic rings. The van der Waals surface area contributed by atoms with E-state index in [2.05, 4.69) is 43.0 Å². The van der Waals surface area contributed by atoms with E-state index in [1.807, 2.05) is 11.3 Å². The van der Waals surface area contributed by atoms with Crippen molar-refractivity contribution in [2.75, 3.05) is 26.7 Å². The fraction of sp³-hybridized carbons (Fsp3) is 0.800. The summed E-state index contributed by atoms with van der Waals surface area (Å²) in [5.74, 6) is 0.917. The molecule has 2 heterocycles. The monoisotopic (exact) mass is 281 g/mol. The van der Waals surface area contributed by atoms with Crippen LogP contribution in [0.1, 0.15) is 47.8 Å². The lowest BCUT2D eigenvalue weighted by atomic mass is 9.94. The van der Waals surface area contributed by atoms with Gasteiger partial charge in [0.15, 0.2) is 0 Å². The Hall–Kier alpha value is -0.450. The topological polar surface area (TPSA) is 28.2 Å². The van der Waals surface area contributed by atoms with Crippen molar-refractivity contribution < 1.29 is 0 Å². The molecule has 4 heteroatoms. The van der Waals surface area contributed by atoms with E-state index in [-0.39, 0.29) is 0 Å². The van der Waals surface area contributed by atoms with Crippen molar-refractivity contribution >= 4 is 11.3 Å². The summed E-state index contributed by atoms with van der Waals surface area (Å²) in [5.41, 5.74) is 1.20. The molecule has 1 aliphatic heterocycles. The number of thiazole rings is 1. The Morgan fingerprint density at radius 2 is 2.05 bits per heavy atom. The Kier molecular flexibility index (Phi) is 5.37. The van der Waals surface area contributed by atoms with E-state index in [0.717, 1.165) is 12.5 Å². The predicted octanol–water partition coefficient (Wildman–Crippen LogP) is 3.14. The van der Waals surface area contributed by atoms with Gasteiger partial charge in [0, 0.05) is 10.9 Å². The highest BCUT2D eigenvalue weighted by Crippen LogP contribution is 2.25. The molecule has 0 radical (unpaired) electrons. The molecule has 0 aliphatic carbocycles. The van der Waals surface area contributed by atoms with Crippen LogP contribution in [0, 0.1) is 19.8 Å². The number of hydrogen-bond donors (Lipinski definition) is 1. The van der Waals surface area contributed by atoms with Gasteiger partial charge in [-0.25, -0.2) is 4.98 Å². The zero-order valence-corrected chi connectivity index (χ0v) is 13.5. The standard InChI is InChI=1S/C15H27N3S/c1-11(15-12(2)17-13(3)19-15)16-8-5-14-6-9-18(4)10-7-14/h11,14,16H,5-10H2,1-4H3. The van der Waals surface area contributed by atoms with E-state index in [0.29, 0.717) is 6.04 Å². The van der Waals surface area contributed by atoms with Gasteiger partial charge in [0.2, 0.25) is 0 Å². The summed E-state index contributed by atoms with van der Waals surface area (Å²) in [6.07, 6.45) is 4.05. The SMILES string of the molecule is Cc1nc(C)c(C(C)NCCC2CCN(C)CC2)s1. The maximum absolute atomic E-state index is 4.51. The Labute approximate surface area is 121 Å². The zero-order valence-electron chi connectivity index (χ0n) is 12.7. The highest BCUT2D eigenvalue weighted by Gasteiger charge is 2.17. The van der Waals surface area contributed by atoms with Crippen LogP contribution in [0.5, 0.6) is 0 Å². The summed E-state index contributed by atoms with van der Waals surface area (Å²) in [6, 6.07) is 0.442. The summed E-state index contributed by atoms with van der Waals surface area (Å²) < 4.78 is 0. The minimum absolute atomic E-state index is 0.442. The molecular formula is C15H27N3S. The minimum Gasteiger partial charge on any atom is -0.309 e. The first kappa shape index (κ1) is 14.9. The Balaban J connectivity index is 1.72. The molecule has 1 saturated heterocycles. The number of rotatable bonds is 5. The summed E-state index contributed by atoms with van der Waals surface area (Å²) in [4.78, 5) is 8.36. The fourth-order valence-electron chi connectivity index (χ4n) is 2.90. The van der Waals surface area contributed by atoms with Crippen LogP contribution in [0.25, 0.3) is 0 Å². The van der Waals surface area contributed by atoms with Crippen LogP contribution in [0.4, 0.5) is 0 Å². The molecule has 0 spiro atoms. The molecule has 1 aromatic rings. The second-order valence-corrected chi connectivity index (χ2v) is 7.13. The Bertz CT molecular complexity index is 394. The number of likely N-dealkylation sites (tertiary alicyclic amines) is 1. The third-order valence-electron chi connectivity index (χ3n) is 4.17. The van der Waals surface area contributed by atoms with Gasteiger partial charge >= 0.3 is 0 Å². The maximum atomic E-state index is 4.51. The molecule has 0 bridgehead atoms. The molecular weight excluding hydrogens is 254 g/mol. The number of piperidine rings is 1. The van der Waals surface area contributed by atoms with Crippen molar-refractivity contribution in [1.29, 1.82) is 0 Å². The van der Waals surface area contributed by atoms with E-state index in [1.54, 1.807) is 0 Å². The lowest BCUT2D eigenvalue weighted by Crippen LogP contribution is -2.32. The van der Waals surface area contributed by atoms with Crippen molar-refractivity contribution in [3.05, 3.63) is 15.6 Å². The number of nitrogens with one attached hydrogen (secondary N) is 1. The van der Waals surface area contributed by atoms with Crippen molar-refractivity contribution in [3.63, 3.8) is 0 Å². The van der Waals surface area contributed by atoms with Gasteiger partial charge in [-0.3, -0.25) is 0 Å². The number of hydrogen-bond acceptors (Lipinski definition) is 4. The summed E-state index contributed by atoms with van der Waals surface area (Å²) in [7, 11) is 2.23. The highest BCUT2D eigenvalue weighted by atomic mass is 32.1. The Morgan fingerprint density at radius 1 is 1.37 bits per heavy atom. The molecule has 1 unspecified atom stereocenters. The quantitative estimate of drug-likeness (QED) is 0.898. The molecule has 0 saturated carbocycles. The molecule has 1 atom stereocenters. The first-order valence-electron chi connectivity index (χ1n) is 7.42. The molecule has 1 fully saturated rings. The van der Waals surface area contributed by atoms with E-state index in [1.165, 1.54) is 47.9 Å². The predicted molar refractivity (Wildman–Crippen MR) is 82.8 cm³/mol. The minimum atomic E-state index is 0.442. The van der Waals surface area contributed by atoms with Crippen LogP contribution in [0.3, 0.4) is 0 Å². The molecule has 0 aromatic carbocycles. The number of nitrogens with zero attached hydrogens (tertiary/aromatic N) is 2. The van der Waals surface area contributed by atoms with Gasteiger partial charge in [0.25, 0.3) is 0 Å². The van der Waals surface area contributed by atoms with Crippen LogP contribution in [0.2, 0.25) is 0 Å². The zero-order chi connectivity index (χ0) is 13.8. The molecule has 3 nitrogen and oxygen atoms in total. The summed E-state index contributed by atoms with van der Waals surface area (Å²) >= 11 is 1.83. The van der Waals surface area contributed by atoms with Crippen molar-refractivity contribution in [1.82, 2.24) is 15.2 Å².